The second kappa shape index (κ2) is 7.76. The first-order valence-electron chi connectivity index (χ1n) is 7.04. The summed E-state index contributed by atoms with van der Waals surface area (Å²) in [4.78, 5) is 2.49. The summed E-state index contributed by atoms with van der Waals surface area (Å²) in [5.41, 5.74) is 7.23. The second-order valence-electron chi connectivity index (χ2n) is 4.87. The molecule has 1 unspecified atom stereocenters. The Morgan fingerprint density at radius 2 is 2.00 bits per heavy atom. The van der Waals surface area contributed by atoms with Crippen LogP contribution in [0.1, 0.15) is 18.0 Å². The number of nitrogens with two attached hydrogens (primary N) is 1. The van der Waals surface area contributed by atoms with Crippen molar-refractivity contribution in [2.75, 3.05) is 45.4 Å². The van der Waals surface area contributed by atoms with E-state index >= 15 is 0 Å². The number of hydrogen-bond acceptors (Lipinski definition) is 5. The molecule has 20 heavy (non-hydrogen) atoms. The van der Waals surface area contributed by atoms with Gasteiger partial charge in [-0.1, -0.05) is 6.07 Å². The lowest BCUT2D eigenvalue weighted by atomic mass is 10.0. The van der Waals surface area contributed by atoms with E-state index < -0.39 is 0 Å². The Labute approximate surface area is 125 Å². The Kier molecular flexibility index (Phi) is 6.01. The number of hydrogen-bond donors (Lipinski definition) is 1. The molecule has 0 amide bonds. The summed E-state index contributed by atoms with van der Waals surface area (Å²) in [5, 5.41) is 0. The van der Waals surface area contributed by atoms with Gasteiger partial charge in [-0.2, -0.15) is 11.8 Å². The fourth-order valence-electron chi connectivity index (χ4n) is 2.63. The molecule has 0 aliphatic carbocycles. The average molecular weight is 296 g/mol. The van der Waals surface area contributed by atoms with Crippen LogP contribution in [0.5, 0.6) is 11.5 Å². The molecule has 4 nitrogen and oxygen atoms in total. The van der Waals surface area contributed by atoms with Gasteiger partial charge in [0.25, 0.3) is 0 Å². The Morgan fingerprint density at radius 3 is 2.70 bits per heavy atom. The summed E-state index contributed by atoms with van der Waals surface area (Å²) >= 11 is 2.03. The first kappa shape index (κ1) is 15.5. The van der Waals surface area contributed by atoms with Gasteiger partial charge in [0.1, 0.15) is 0 Å². The molecule has 1 heterocycles. The third-order valence-corrected chi connectivity index (χ3v) is 4.76. The topological polar surface area (TPSA) is 47.7 Å². The maximum atomic E-state index is 6.03. The third kappa shape index (κ3) is 3.59. The molecule has 1 atom stereocenters. The zero-order chi connectivity index (χ0) is 14.4. The molecule has 0 bridgehead atoms. The van der Waals surface area contributed by atoms with Crippen molar-refractivity contribution >= 4 is 11.8 Å². The van der Waals surface area contributed by atoms with Crippen LogP contribution >= 0.6 is 11.8 Å². The van der Waals surface area contributed by atoms with Crippen LogP contribution < -0.4 is 15.2 Å². The number of benzene rings is 1. The van der Waals surface area contributed by atoms with Gasteiger partial charge in [0.2, 0.25) is 0 Å². The Bertz CT molecular complexity index is 420. The molecule has 0 radical (unpaired) electrons. The largest absolute Gasteiger partial charge is 0.493 e. The lowest BCUT2D eigenvalue weighted by Crippen LogP contribution is -2.35. The van der Waals surface area contributed by atoms with Gasteiger partial charge in [-0.25, -0.2) is 0 Å². The second-order valence-corrected chi connectivity index (χ2v) is 6.09. The molecule has 112 valence electrons. The summed E-state index contributed by atoms with van der Waals surface area (Å²) in [6.45, 7) is 2.84. The third-order valence-electron chi connectivity index (χ3n) is 3.71. The van der Waals surface area contributed by atoms with Gasteiger partial charge in [0.15, 0.2) is 11.5 Å². The minimum Gasteiger partial charge on any atom is -0.493 e. The van der Waals surface area contributed by atoms with Crippen molar-refractivity contribution in [3.8, 4) is 11.5 Å². The number of rotatable bonds is 5. The zero-order valence-corrected chi connectivity index (χ0v) is 13.1. The van der Waals surface area contributed by atoms with Crippen LogP contribution in [0.2, 0.25) is 0 Å². The van der Waals surface area contributed by atoms with Crippen molar-refractivity contribution in [1.29, 1.82) is 0 Å². The van der Waals surface area contributed by atoms with E-state index in [-0.39, 0.29) is 6.04 Å². The summed E-state index contributed by atoms with van der Waals surface area (Å²) in [5.74, 6) is 3.97. The number of nitrogens with zero attached hydrogens (tertiary/aromatic N) is 1. The highest BCUT2D eigenvalue weighted by Gasteiger charge is 2.21. The standard InChI is InChI=1S/C15H24N2O2S/c1-18-14-5-4-12(10-15(14)19-2)13(11-16)17-6-3-8-20-9-7-17/h4-5,10,13H,3,6-9,11,16H2,1-2H3. The van der Waals surface area contributed by atoms with Crippen LogP contribution in [-0.4, -0.2) is 50.3 Å². The SMILES string of the molecule is COc1ccc(C(CN)N2CCCSCC2)cc1OC. The van der Waals surface area contributed by atoms with Crippen LogP contribution in [0.25, 0.3) is 0 Å². The summed E-state index contributed by atoms with van der Waals surface area (Å²) in [6.07, 6.45) is 1.23. The Hall–Kier alpha value is -0.910. The predicted octanol–water partition coefficient (Wildman–Crippen LogP) is 2.14. The van der Waals surface area contributed by atoms with Gasteiger partial charge in [-0.3, -0.25) is 4.90 Å². The monoisotopic (exact) mass is 296 g/mol. The molecule has 0 spiro atoms. The lowest BCUT2D eigenvalue weighted by Gasteiger charge is -2.30. The number of thioether (sulfide) groups is 1. The molecular weight excluding hydrogens is 272 g/mol. The van der Waals surface area contributed by atoms with Crippen molar-refractivity contribution in [2.45, 2.75) is 12.5 Å². The van der Waals surface area contributed by atoms with E-state index in [9.17, 15) is 0 Å². The summed E-state index contributed by atoms with van der Waals surface area (Å²) in [7, 11) is 3.33. The quantitative estimate of drug-likeness (QED) is 0.902. The van der Waals surface area contributed by atoms with E-state index in [0.717, 1.165) is 24.6 Å². The first-order valence-corrected chi connectivity index (χ1v) is 8.19. The Balaban J connectivity index is 2.21. The highest BCUT2D eigenvalue weighted by Crippen LogP contribution is 2.32. The van der Waals surface area contributed by atoms with Gasteiger partial charge >= 0.3 is 0 Å². The summed E-state index contributed by atoms with van der Waals surface area (Å²) in [6, 6.07) is 6.36. The van der Waals surface area contributed by atoms with Gasteiger partial charge < -0.3 is 15.2 Å². The fourth-order valence-corrected chi connectivity index (χ4v) is 3.53. The van der Waals surface area contributed by atoms with E-state index in [1.54, 1.807) is 14.2 Å². The van der Waals surface area contributed by atoms with Crippen molar-refractivity contribution in [2.24, 2.45) is 5.73 Å². The van der Waals surface area contributed by atoms with E-state index in [0.29, 0.717) is 6.54 Å². The molecule has 1 fully saturated rings. The molecule has 0 saturated carbocycles. The molecule has 2 N–H and O–H groups in total. The maximum absolute atomic E-state index is 6.03. The molecule has 1 aliphatic rings. The van der Waals surface area contributed by atoms with Crippen molar-refractivity contribution in [3.63, 3.8) is 0 Å². The van der Waals surface area contributed by atoms with Gasteiger partial charge in [0.05, 0.1) is 14.2 Å². The molecule has 1 aromatic rings. The smallest absolute Gasteiger partial charge is 0.161 e. The number of ether oxygens (including phenoxy) is 2. The first-order chi connectivity index (χ1) is 9.80. The molecule has 0 aromatic heterocycles. The van der Waals surface area contributed by atoms with E-state index in [1.807, 2.05) is 23.9 Å². The highest BCUT2D eigenvalue weighted by atomic mass is 32.2. The molecule has 5 heteroatoms. The van der Waals surface area contributed by atoms with Crippen molar-refractivity contribution in [1.82, 2.24) is 4.90 Å². The predicted molar refractivity (Wildman–Crippen MR) is 84.9 cm³/mol. The minimum absolute atomic E-state index is 0.258. The van der Waals surface area contributed by atoms with Crippen LogP contribution in [0.3, 0.4) is 0 Å². The van der Waals surface area contributed by atoms with E-state index in [4.69, 9.17) is 15.2 Å². The van der Waals surface area contributed by atoms with Gasteiger partial charge in [0, 0.05) is 24.9 Å². The van der Waals surface area contributed by atoms with E-state index in [1.165, 1.54) is 23.5 Å². The molecule has 1 saturated heterocycles. The van der Waals surface area contributed by atoms with Gasteiger partial charge in [-0.05, 0) is 36.4 Å². The van der Waals surface area contributed by atoms with Crippen molar-refractivity contribution < 1.29 is 9.47 Å². The fraction of sp³-hybridized carbons (Fsp3) is 0.600. The molecule has 1 aromatic carbocycles. The number of methoxy groups -OCH3 is 2. The molecule has 2 rings (SSSR count). The van der Waals surface area contributed by atoms with Gasteiger partial charge in [-0.15, -0.1) is 0 Å². The van der Waals surface area contributed by atoms with Crippen LogP contribution in [0.15, 0.2) is 18.2 Å². The van der Waals surface area contributed by atoms with Crippen LogP contribution in [0.4, 0.5) is 0 Å². The zero-order valence-electron chi connectivity index (χ0n) is 12.3. The lowest BCUT2D eigenvalue weighted by molar-refractivity contribution is 0.217. The van der Waals surface area contributed by atoms with Crippen LogP contribution in [-0.2, 0) is 0 Å². The van der Waals surface area contributed by atoms with Crippen molar-refractivity contribution in [3.05, 3.63) is 23.8 Å². The molecule has 1 aliphatic heterocycles. The van der Waals surface area contributed by atoms with Crippen LogP contribution in [0, 0.1) is 0 Å². The Morgan fingerprint density at radius 1 is 1.20 bits per heavy atom. The highest BCUT2D eigenvalue weighted by molar-refractivity contribution is 7.99. The minimum atomic E-state index is 0.258. The summed E-state index contributed by atoms with van der Waals surface area (Å²) < 4.78 is 10.7. The molecular formula is C15H24N2O2S. The average Bonchev–Trinajstić information content (AvgIpc) is 2.77. The normalized spacial score (nSPS) is 18.4. The van der Waals surface area contributed by atoms with E-state index in [2.05, 4.69) is 11.0 Å². The maximum Gasteiger partial charge on any atom is 0.161 e.